The summed E-state index contributed by atoms with van der Waals surface area (Å²) in [6.45, 7) is 0. The molecule has 0 unspecified atom stereocenters. The minimum absolute atomic E-state index is 0.223. The molecular formula is C18H12N4O2S. The Kier molecular flexibility index (Phi) is 4.92. The van der Waals surface area contributed by atoms with Gasteiger partial charge in [-0.1, -0.05) is 12.1 Å². The van der Waals surface area contributed by atoms with Crippen molar-refractivity contribution in [3.63, 3.8) is 0 Å². The van der Waals surface area contributed by atoms with Crippen LogP contribution in [-0.2, 0) is 0 Å². The van der Waals surface area contributed by atoms with Crippen LogP contribution in [0.2, 0.25) is 0 Å². The van der Waals surface area contributed by atoms with Crippen molar-refractivity contribution in [2.75, 3.05) is 5.32 Å². The van der Waals surface area contributed by atoms with Crippen LogP contribution in [0.3, 0.4) is 0 Å². The van der Waals surface area contributed by atoms with Crippen molar-refractivity contribution in [1.82, 2.24) is 10.2 Å². The summed E-state index contributed by atoms with van der Waals surface area (Å²) in [6, 6.07) is 19.0. The molecule has 3 aromatic rings. The van der Waals surface area contributed by atoms with Gasteiger partial charge in [0.15, 0.2) is 0 Å². The van der Waals surface area contributed by atoms with Gasteiger partial charge in [0.25, 0.3) is 10.8 Å². The number of hydrogen-bond donors (Lipinski definition) is 2. The Morgan fingerprint density at radius 2 is 1.76 bits per heavy atom. The molecule has 2 aromatic carbocycles. The van der Waals surface area contributed by atoms with E-state index >= 15 is 0 Å². The van der Waals surface area contributed by atoms with Crippen molar-refractivity contribution >= 4 is 22.7 Å². The number of aromatic nitrogens is 2. The number of carbonyl (C=O) groups excluding carboxylic acids is 1. The lowest BCUT2D eigenvalue weighted by molar-refractivity contribution is 0.270. The van der Waals surface area contributed by atoms with E-state index in [4.69, 9.17) is 5.26 Å². The minimum atomic E-state index is -0.257. The van der Waals surface area contributed by atoms with Gasteiger partial charge in [0, 0.05) is 22.2 Å². The van der Waals surface area contributed by atoms with Crippen molar-refractivity contribution in [3.05, 3.63) is 76.6 Å². The summed E-state index contributed by atoms with van der Waals surface area (Å²) in [5.41, 5.74) is 2.42. The van der Waals surface area contributed by atoms with E-state index in [0.717, 1.165) is 22.2 Å². The van der Waals surface area contributed by atoms with Crippen LogP contribution in [0, 0.1) is 11.3 Å². The fourth-order valence-electron chi connectivity index (χ4n) is 2.08. The van der Waals surface area contributed by atoms with E-state index in [0.29, 0.717) is 16.9 Å². The van der Waals surface area contributed by atoms with E-state index in [1.54, 1.807) is 42.5 Å². The number of anilines is 1. The quantitative estimate of drug-likeness (QED) is 0.704. The number of amides is 1. The van der Waals surface area contributed by atoms with E-state index in [-0.39, 0.29) is 10.8 Å². The lowest BCUT2D eigenvalue weighted by Gasteiger charge is -2.06. The molecule has 0 fully saturated rings. The normalized spacial score (nSPS) is 10.0. The first-order valence-corrected chi connectivity index (χ1v) is 8.11. The molecule has 6 nitrogen and oxygen atoms in total. The number of benzene rings is 2. The SMILES string of the molecule is N#Cc1ccc(SC(=O)Nc2ccc(-c3ccc(=O)[nH]n3)cc2)cc1. The van der Waals surface area contributed by atoms with E-state index < -0.39 is 0 Å². The van der Waals surface area contributed by atoms with Crippen LogP contribution in [0.5, 0.6) is 0 Å². The van der Waals surface area contributed by atoms with Crippen LogP contribution in [0.15, 0.2) is 70.4 Å². The highest BCUT2D eigenvalue weighted by atomic mass is 32.2. The first-order valence-electron chi connectivity index (χ1n) is 7.29. The van der Waals surface area contributed by atoms with E-state index in [1.807, 2.05) is 18.2 Å². The maximum Gasteiger partial charge on any atom is 0.288 e. The molecule has 0 aliphatic carbocycles. The van der Waals surface area contributed by atoms with Gasteiger partial charge in [0.05, 0.1) is 17.3 Å². The molecule has 1 heterocycles. The second kappa shape index (κ2) is 7.47. The minimum Gasteiger partial charge on any atom is -0.317 e. The van der Waals surface area contributed by atoms with Crippen molar-refractivity contribution < 1.29 is 4.79 Å². The highest BCUT2D eigenvalue weighted by molar-refractivity contribution is 8.13. The second-order valence-corrected chi connectivity index (χ2v) is 6.08. The lowest BCUT2D eigenvalue weighted by Crippen LogP contribution is -2.06. The summed E-state index contributed by atoms with van der Waals surface area (Å²) in [5.74, 6) is 0. The molecule has 0 radical (unpaired) electrons. The van der Waals surface area contributed by atoms with E-state index in [9.17, 15) is 9.59 Å². The number of thioether (sulfide) groups is 1. The zero-order valence-corrected chi connectivity index (χ0v) is 13.7. The zero-order valence-electron chi connectivity index (χ0n) is 12.9. The first-order chi connectivity index (χ1) is 12.1. The van der Waals surface area contributed by atoms with Gasteiger partial charge >= 0.3 is 0 Å². The van der Waals surface area contributed by atoms with Crippen LogP contribution in [0.4, 0.5) is 10.5 Å². The average molecular weight is 348 g/mol. The molecule has 0 spiro atoms. The number of aromatic amines is 1. The number of nitrogens with one attached hydrogen (secondary N) is 2. The summed E-state index contributed by atoms with van der Waals surface area (Å²) in [6.07, 6.45) is 0. The third-order valence-electron chi connectivity index (χ3n) is 3.30. The van der Waals surface area contributed by atoms with Gasteiger partial charge in [0.1, 0.15) is 0 Å². The number of nitrogens with zero attached hydrogens (tertiary/aromatic N) is 2. The fourth-order valence-corrected chi connectivity index (χ4v) is 2.73. The zero-order chi connectivity index (χ0) is 17.6. The predicted octanol–water partition coefficient (Wildman–Crippen LogP) is 3.63. The monoisotopic (exact) mass is 348 g/mol. The molecule has 0 aliphatic heterocycles. The van der Waals surface area contributed by atoms with Crippen LogP contribution in [-0.4, -0.2) is 15.4 Å². The molecule has 0 atom stereocenters. The molecule has 1 amide bonds. The molecular weight excluding hydrogens is 336 g/mol. The van der Waals surface area contributed by atoms with Crippen molar-refractivity contribution in [2.24, 2.45) is 0 Å². The molecule has 25 heavy (non-hydrogen) atoms. The van der Waals surface area contributed by atoms with Gasteiger partial charge in [-0.05, 0) is 54.2 Å². The van der Waals surface area contributed by atoms with Crippen LogP contribution in [0.1, 0.15) is 5.56 Å². The second-order valence-electron chi connectivity index (χ2n) is 5.03. The summed E-state index contributed by atoms with van der Waals surface area (Å²) < 4.78 is 0. The van der Waals surface area contributed by atoms with Crippen molar-refractivity contribution in [3.8, 4) is 17.3 Å². The van der Waals surface area contributed by atoms with Crippen LogP contribution < -0.4 is 10.9 Å². The third kappa shape index (κ3) is 4.34. The summed E-state index contributed by atoms with van der Waals surface area (Å²) >= 11 is 1.05. The maximum atomic E-state index is 12.1. The maximum absolute atomic E-state index is 12.1. The van der Waals surface area contributed by atoms with Gasteiger partial charge in [-0.3, -0.25) is 9.59 Å². The molecule has 1 aromatic heterocycles. The van der Waals surface area contributed by atoms with Gasteiger partial charge in [0.2, 0.25) is 0 Å². The van der Waals surface area contributed by atoms with Gasteiger partial charge in [-0.25, -0.2) is 5.10 Å². The van der Waals surface area contributed by atoms with Crippen molar-refractivity contribution in [2.45, 2.75) is 4.90 Å². The van der Waals surface area contributed by atoms with Gasteiger partial charge in [-0.15, -0.1) is 0 Å². The smallest absolute Gasteiger partial charge is 0.288 e. The molecule has 122 valence electrons. The number of H-pyrrole nitrogens is 1. The van der Waals surface area contributed by atoms with Crippen molar-refractivity contribution in [1.29, 1.82) is 5.26 Å². The Morgan fingerprint density at radius 1 is 1.04 bits per heavy atom. The van der Waals surface area contributed by atoms with Gasteiger partial charge in [-0.2, -0.15) is 10.4 Å². The van der Waals surface area contributed by atoms with E-state index in [1.165, 1.54) is 6.07 Å². The highest BCUT2D eigenvalue weighted by Crippen LogP contribution is 2.23. The number of carbonyl (C=O) groups is 1. The Hall–Kier alpha value is -3.37. The summed E-state index contributed by atoms with van der Waals surface area (Å²) in [7, 11) is 0. The van der Waals surface area contributed by atoms with Gasteiger partial charge < -0.3 is 5.32 Å². The van der Waals surface area contributed by atoms with Crippen LogP contribution in [0.25, 0.3) is 11.3 Å². The molecule has 7 heteroatoms. The van der Waals surface area contributed by atoms with Crippen LogP contribution >= 0.6 is 11.8 Å². The highest BCUT2D eigenvalue weighted by Gasteiger charge is 2.06. The van der Waals surface area contributed by atoms with E-state index in [2.05, 4.69) is 15.5 Å². The standard InChI is InChI=1S/C18H12N4O2S/c19-11-12-1-7-15(8-2-12)25-18(24)20-14-5-3-13(4-6-14)16-9-10-17(23)22-21-16/h1-10H,(H,20,24)(H,22,23). The Labute approximate surface area is 147 Å². The molecule has 0 bridgehead atoms. The number of hydrogen-bond acceptors (Lipinski definition) is 5. The Bertz CT molecular complexity index is 969. The third-order valence-corrected chi connectivity index (χ3v) is 4.10. The molecule has 0 saturated carbocycles. The average Bonchev–Trinajstić information content (AvgIpc) is 2.64. The largest absolute Gasteiger partial charge is 0.317 e. The summed E-state index contributed by atoms with van der Waals surface area (Å²) in [5, 5.41) is 17.7. The molecule has 0 aliphatic rings. The Morgan fingerprint density at radius 3 is 2.36 bits per heavy atom. The topological polar surface area (TPSA) is 98.6 Å². The number of nitriles is 1. The molecule has 0 saturated heterocycles. The Balaban J connectivity index is 1.64. The summed E-state index contributed by atoms with van der Waals surface area (Å²) in [4.78, 5) is 23.8. The molecule has 2 N–H and O–H groups in total. The number of rotatable bonds is 3. The lowest BCUT2D eigenvalue weighted by atomic mass is 10.1. The first kappa shape index (κ1) is 16.5. The fraction of sp³-hybridized carbons (Fsp3) is 0. The molecule has 3 rings (SSSR count). The predicted molar refractivity (Wildman–Crippen MR) is 96.3 cm³/mol.